The Balaban J connectivity index is 1.75. The molecule has 0 spiro atoms. The van der Waals surface area contributed by atoms with Crippen molar-refractivity contribution in [3.8, 4) is 11.5 Å². The number of nitrogens with one attached hydrogen (secondary N) is 1. The lowest BCUT2D eigenvalue weighted by molar-refractivity contribution is 0.0697. The predicted octanol–water partition coefficient (Wildman–Crippen LogP) is 6.93. The van der Waals surface area contributed by atoms with Crippen molar-refractivity contribution < 1.29 is 19.4 Å². The zero-order valence-corrected chi connectivity index (χ0v) is 18.9. The SMILES string of the molecule is CCOc1cc(CNc2ccc(C(=O)O)c(Cl)c2)cc(Cl)c1OCc1ccccc1Cl. The summed E-state index contributed by atoms with van der Waals surface area (Å²) in [6, 6.07) is 15.7. The van der Waals surface area contributed by atoms with Gasteiger partial charge in [0.05, 0.1) is 22.2 Å². The number of hydrogen-bond acceptors (Lipinski definition) is 4. The number of benzene rings is 3. The molecule has 0 unspecified atom stereocenters. The van der Waals surface area contributed by atoms with E-state index in [9.17, 15) is 4.79 Å². The molecule has 0 aromatic heterocycles. The molecule has 3 rings (SSSR count). The molecular weight excluding hydrogens is 461 g/mol. The lowest BCUT2D eigenvalue weighted by Gasteiger charge is -2.16. The third-order valence-corrected chi connectivity index (χ3v) is 5.36. The molecule has 0 aliphatic heterocycles. The van der Waals surface area contributed by atoms with Crippen LogP contribution in [0.25, 0.3) is 0 Å². The molecule has 2 N–H and O–H groups in total. The van der Waals surface area contributed by atoms with Crippen LogP contribution in [-0.2, 0) is 13.2 Å². The van der Waals surface area contributed by atoms with Gasteiger partial charge < -0.3 is 19.9 Å². The van der Waals surface area contributed by atoms with Crippen LogP contribution in [0.2, 0.25) is 15.1 Å². The van der Waals surface area contributed by atoms with Crippen molar-refractivity contribution in [2.24, 2.45) is 0 Å². The number of halogens is 3. The highest BCUT2D eigenvalue weighted by molar-refractivity contribution is 6.34. The fourth-order valence-electron chi connectivity index (χ4n) is 2.89. The topological polar surface area (TPSA) is 67.8 Å². The fourth-order valence-corrected chi connectivity index (χ4v) is 3.63. The summed E-state index contributed by atoms with van der Waals surface area (Å²) in [5.74, 6) is -0.101. The Labute approximate surface area is 195 Å². The van der Waals surface area contributed by atoms with Crippen LogP contribution >= 0.6 is 34.8 Å². The molecule has 0 fully saturated rings. The smallest absolute Gasteiger partial charge is 0.337 e. The summed E-state index contributed by atoms with van der Waals surface area (Å²) in [6.45, 7) is 3.00. The second-order valence-electron chi connectivity index (χ2n) is 6.57. The van der Waals surface area contributed by atoms with Crippen LogP contribution in [0.5, 0.6) is 11.5 Å². The van der Waals surface area contributed by atoms with E-state index in [1.54, 1.807) is 24.3 Å². The molecular formula is C23H20Cl3NO4. The van der Waals surface area contributed by atoms with Gasteiger partial charge in [-0.25, -0.2) is 4.79 Å². The molecule has 0 aliphatic rings. The van der Waals surface area contributed by atoms with Crippen LogP contribution in [0.1, 0.15) is 28.4 Å². The molecule has 3 aromatic rings. The quantitative estimate of drug-likeness (QED) is 0.347. The fraction of sp³-hybridized carbons (Fsp3) is 0.174. The first-order valence-electron chi connectivity index (χ1n) is 9.47. The number of hydrogen-bond donors (Lipinski definition) is 2. The van der Waals surface area contributed by atoms with E-state index in [1.165, 1.54) is 6.07 Å². The van der Waals surface area contributed by atoms with Crippen molar-refractivity contribution >= 4 is 46.5 Å². The molecule has 0 radical (unpaired) electrons. The highest BCUT2D eigenvalue weighted by Gasteiger charge is 2.14. The summed E-state index contributed by atoms with van der Waals surface area (Å²) in [6.07, 6.45) is 0. The number of carboxylic acid groups (broad SMARTS) is 1. The maximum atomic E-state index is 11.1. The molecule has 0 saturated heterocycles. The minimum absolute atomic E-state index is 0.0499. The monoisotopic (exact) mass is 479 g/mol. The molecule has 0 amide bonds. The van der Waals surface area contributed by atoms with Gasteiger partial charge in [0.1, 0.15) is 6.61 Å². The molecule has 5 nitrogen and oxygen atoms in total. The number of carbonyl (C=O) groups is 1. The number of aromatic carboxylic acids is 1. The van der Waals surface area contributed by atoms with Crippen LogP contribution in [0.15, 0.2) is 54.6 Å². The van der Waals surface area contributed by atoms with Crippen LogP contribution in [-0.4, -0.2) is 17.7 Å². The number of ether oxygens (including phenoxy) is 2. The number of rotatable bonds is 9. The summed E-state index contributed by atoms with van der Waals surface area (Å²) in [4.78, 5) is 11.1. The number of carboxylic acids is 1. The Bertz CT molecular complexity index is 1090. The van der Waals surface area contributed by atoms with Gasteiger partial charge in [0, 0.05) is 22.8 Å². The summed E-state index contributed by atoms with van der Waals surface area (Å²) in [5.41, 5.74) is 2.43. The highest BCUT2D eigenvalue weighted by Crippen LogP contribution is 2.38. The van der Waals surface area contributed by atoms with Crippen molar-refractivity contribution in [3.05, 3.63) is 86.4 Å². The Morgan fingerprint density at radius 2 is 1.74 bits per heavy atom. The van der Waals surface area contributed by atoms with Crippen molar-refractivity contribution in [2.75, 3.05) is 11.9 Å². The van der Waals surface area contributed by atoms with Gasteiger partial charge in [-0.05, 0) is 48.9 Å². The first-order chi connectivity index (χ1) is 14.9. The Kier molecular flexibility index (Phi) is 7.91. The number of anilines is 1. The third-order valence-electron chi connectivity index (χ3n) is 4.40. The highest BCUT2D eigenvalue weighted by atomic mass is 35.5. The average molecular weight is 481 g/mol. The van der Waals surface area contributed by atoms with Gasteiger partial charge in [0.15, 0.2) is 11.5 Å². The normalized spacial score (nSPS) is 10.6. The van der Waals surface area contributed by atoms with E-state index in [1.807, 2.05) is 31.2 Å². The molecule has 0 aliphatic carbocycles. The molecule has 0 atom stereocenters. The first-order valence-corrected chi connectivity index (χ1v) is 10.6. The van der Waals surface area contributed by atoms with Crippen molar-refractivity contribution in [1.29, 1.82) is 0 Å². The van der Waals surface area contributed by atoms with Crippen LogP contribution < -0.4 is 14.8 Å². The Morgan fingerprint density at radius 3 is 2.42 bits per heavy atom. The van der Waals surface area contributed by atoms with E-state index in [4.69, 9.17) is 49.4 Å². The van der Waals surface area contributed by atoms with Gasteiger partial charge in [0.25, 0.3) is 0 Å². The van der Waals surface area contributed by atoms with E-state index in [0.29, 0.717) is 40.4 Å². The molecule has 162 valence electrons. The van der Waals surface area contributed by atoms with Crippen LogP contribution in [0.3, 0.4) is 0 Å². The largest absolute Gasteiger partial charge is 0.490 e. The molecule has 8 heteroatoms. The lowest BCUT2D eigenvalue weighted by Crippen LogP contribution is -2.04. The van der Waals surface area contributed by atoms with Gasteiger partial charge in [-0.1, -0.05) is 53.0 Å². The summed E-state index contributed by atoms with van der Waals surface area (Å²) < 4.78 is 11.7. The van der Waals surface area contributed by atoms with E-state index >= 15 is 0 Å². The van der Waals surface area contributed by atoms with Crippen LogP contribution in [0.4, 0.5) is 5.69 Å². The average Bonchev–Trinajstić information content (AvgIpc) is 2.73. The third kappa shape index (κ3) is 5.97. The van der Waals surface area contributed by atoms with Gasteiger partial charge in [0.2, 0.25) is 0 Å². The minimum Gasteiger partial charge on any atom is -0.490 e. The molecule has 3 aromatic carbocycles. The molecule has 31 heavy (non-hydrogen) atoms. The van der Waals surface area contributed by atoms with Gasteiger partial charge in [-0.15, -0.1) is 0 Å². The second kappa shape index (κ2) is 10.6. The van der Waals surface area contributed by atoms with Crippen molar-refractivity contribution in [1.82, 2.24) is 0 Å². The molecule has 0 heterocycles. The first kappa shape index (κ1) is 23.1. The maximum absolute atomic E-state index is 11.1. The van der Waals surface area contributed by atoms with E-state index in [2.05, 4.69) is 5.32 Å². The zero-order chi connectivity index (χ0) is 22.4. The maximum Gasteiger partial charge on any atom is 0.337 e. The Morgan fingerprint density at radius 1 is 0.968 bits per heavy atom. The minimum atomic E-state index is -1.07. The van der Waals surface area contributed by atoms with Gasteiger partial charge >= 0.3 is 5.97 Å². The summed E-state index contributed by atoms with van der Waals surface area (Å²) >= 11 is 18.7. The second-order valence-corrected chi connectivity index (χ2v) is 7.79. The van der Waals surface area contributed by atoms with E-state index in [-0.39, 0.29) is 17.2 Å². The van der Waals surface area contributed by atoms with Crippen molar-refractivity contribution in [2.45, 2.75) is 20.1 Å². The Hall–Kier alpha value is -2.60. The van der Waals surface area contributed by atoms with Gasteiger partial charge in [-0.2, -0.15) is 0 Å². The van der Waals surface area contributed by atoms with E-state index in [0.717, 1.165) is 11.1 Å². The van der Waals surface area contributed by atoms with Crippen molar-refractivity contribution in [3.63, 3.8) is 0 Å². The standard InChI is InChI=1S/C23H20Cl3NO4/c1-2-30-21-10-14(12-27-16-7-8-17(23(28)29)19(25)11-16)9-20(26)22(21)31-13-15-5-3-4-6-18(15)24/h3-11,27H,2,12-13H2,1H3,(H,28,29). The zero-order valence-electron chi connectivity index (χ0n) is 16.6. The predicted molar refractivity (Wildman–Crippen MR) is 124 cm³/mol. The molecule has 0 bridgehead atoms. The summed E-state index contributed by atoms with van der Waals surface area (Å²) in [5, 5.41) is 13.5. The van der Waals surface area contributed by atoms with Gasteiger partial charge in [-0.3, -0.25) is 0 Å². The van der Waals surface area contributed by atoms with E-state index < -0.39 is 5.97 Å². The summed E-state index contributed by atoms with van der Waals surface area (Å²) in [7, 11) is 0. The van der Waals surface area contributed by atoms with Crippen LogP contribution in [0, 0.1) is 0 Å². The lowest BCUT2D eigenvalue weighted by atomic mass is 10.1. The molecule has 0 saturated carbocycles.